The van der Waals surface area contributed by atoms with E-state index in [1.54, 1.807) is 6.07 Å². The maximum atomic E-state index is 12.1. The number of aromatic nitrogens is 3. The third-order valence-electron chi connectivity index (χ3n) is 14.1. The zero-order valence-corrected chi connectivity index (χ0v) is 43.7. The van der Waals surface area contributed by atoms with Gasteiger partial charge in [-0.1, -0.05) is 194 Å². The van der Waals surface area contributed by atoms with Gasteiger partial charge in [0.05, 0.1) is 22.3 Å². The molecular weight excluding hydrogens is 1050 g/mol. The summed E-state index contributed by atoms with van der Waals surface area (Å²) >= 11 is 0. The van der Waals surface area contributed by atoms with Crippen LogP contribution < -0.4 is 0 Å². The molecule has 71 heavy (non-hydrogen) atoms. The van der Waals surface area contributed by atoms with E-state index in [1.165, 1.54) is 16.7 Å². The molecule has 11 rings (SSSR count). The number of hydrogen-bond donors (Lipinski definition) is 1. The third kappa shape index (κ3) is 8.72. The van der Waals surface area contributed by atoms with E-state index in [9.17, 15) is 5.11 Å². The van der Waals surface area contributed by atoms with Gasteiger partial charge in [0, 0.05) is 60.8 Å². The molecule has 0 saturated carbocycles. The van der Waals surface area contributed by atoms with Crippen LogP contribution in [-0.4, -0.2) is 19.6 Å². The van der Waals surface area contributed by atoms with Gasteiger partial charge in [-0.05, 0) is 80.6 Å². The molecule has 3 aromatic heterocycles. The van der Waals surface area contributed by atoms with Gasteiger partial charge in [-0.15, -0.1) is 29.3 Å². The van der Waals surface area contributed by atoms with E-state index >= 15 is 0 Å². The fourth-order valence-electron chi connectivity index (χ4n) is 9.87. The van der Waals surface area contributed by atoms with Crippen LogP contribution in [0.1, 0.15) is 77.6 Å². The number of phenolic OH excluding ortho intramolecular Hbond substituents is 1. The van der Waals surface area contributed by atoms with Crippen LogP contribution in [-0.2, 0) is 37.3 Å². The number of fused-ring (bicyclic) bond motifs is 4. The van der Waals surface area contributed by atoms with E-state index in [0.29, 0.717) is 17.0 Å². The Bertz CT molecular complexity index is 3760. The second-order valence-corrected chi connectivity index (χ2v) is 21.2. The van der Waals surface area contributed by atoms with Crippen molar-refractivity contribution >= 4 is 33.0 Å². The molecule has 0 radical (unpaired) electrons. The monoisotopic (exact) mass is 1110 g/mol. The molecule has 354 valence electrons. The first-order valence-corrected chi connectivity index (χ1v) is 24.2. The average molecular weight is 1110 g/mol. The molecule has 0 aliphatic rings. The summed E-state index contributed by atoms with van der Waals surface area (Å²) in [4.78, 5) is 10.6. The Hall–Kier alpha value is -7.33. The first-order valence-electron chi connectivity index (χ1n) is 24.2. The molecule has 6 heteroatoms. The molecule has 0 bridgehead atoms. The Morgan fingerprint density at radius 2 is 1.15 bits per heavy atom. The number of benzene rings is 8. The fourth-order valence-corrected chi connectivity index (χ4v) is 9.87. The van der Waals surface area contributed by atoms with Gasteiger partial charge in [-0.25, -0.2) is 4.98 Å². The van der Waals surface area contributed by atoms with Crippen molar-refractivity contribution < 1.29 is 30.6 Å². The van der Waals surface area contributed by atoms with Gasteiger partial charge in [-0.3, -0.25) is 9.55 Å². The standard InChI is InChI=1S/C65H56N3O2.Pt/c1-63(2,3)48-30-31-56(52(38-48)42-18-11-9-12-19-42)68-57-24-17-23-50(61(57)67-62(68)54-39-53-51-22-15-16-25-59(51)70-60(53)40-58(54)69)44-34-45(36-49(35-44)64(4,5)6)55-37-43(32-33-66-55)41-26-28-47(29-27-41)65(7,8)46-20-13-10-14-21-46;/h9-33,35-40,69H,1-8H3;/q-1;. The number of pyridine rings is 1. The predicted molar refractivity (Wildman–Crippen MR) is 290 cm³/mol. The molecule has 11 aromatic rings. The second-order valence-electron chi connectivity index (χ2n) is 21.2. The fraction of sp³-hybridized carbons (Fsp3) is 0.169. The Morgan fingerprint density at radius 3 is 1.89 bits per heavy atom. The van der Waals surface area contributed by atoms with Gasteiger partial charge >= 0.3 is 0 Å². The molecular formula is C65H56N3O2Pt-. The Labute approximate surface area is 431 Å². The van der Waals surface area contributed by atoms with E-state index in [4.69, 9.17) is 14.4 Å². The molecule has 0 saturated heterocycles. The van der Waals surface area contributed by atoms with Crippen molar-refractivity contribution in [1.82, 2.24) is 14.5 Å². The van der Waals surface area contributed by atoms with Gasteiger partial charge in [0.1, 0.15) is 22.7 Å². The van der Waals surface area contributed by atoms with Gasteiger partial charge in [0.25, 0.3) is 0 Å². The predicted octanol–water partition coefficient (Wildman–Crippen LogP) is 17.1. The largest absolute Gasteiger partial charge is 0.507 e. The van der Waals surface area contributed by atoms with Crippen molar-refractivity contribution in [1.29, 1.82) is 0 Å². The summed E-state index contributed by atoms with van der Waals surface area (Å²) in [5.74, 6) is 0.703. The van der Waals surface area contributed by atoms with Gasteiger partial charge in [0.2, 0.25) is 0 Å². The number of hydrogen-bond acceptors (Lipinski definition) is 4. The van der Waals surface area contributed by atoms with Crippen molar-refractivity contribution in [2.24, 2.45) is 0 Å². The molecule has 0 spiro atoms. The summed E-state index contributed by atoms with van der Waals surface area (Å²) in [5, 5.41) is 14.0. The van der Waals surface area contributed by atoms with Crippen LogP contribution in [0.5, 0.6) is 5.75 Å². The summed E-state index contributed by atoms with van der Waals surface area (Å²) < 4.78 is 8.48. The third-order valence-corrected chi connectivity index (χ3v) is 14.1. The van der Waals surface area contributed by atoms with Crippen molar-refractivity contribution in [3.63, 3.8) is 0 Å². The maximum Gasteiger partial charge on any atom is 0.148 e. The molecule has 0 atom stereocenters. The molecule has 5 nitrogen and oxygen atoms in total. The molecule has 0 aliphatic heterocycles. The summed E-state index contributed by atoms with van der Waals surface area (Å²) in [6.45, 7) is 18.0. The quantitative estimate of drug-likeness (QED) is 0.154. The van der Waals surface area contributed by atoms with Crippen LogP contribution in [0.3, 0.4) is 0 Å². The van der Waals surface area contributed by atoms with Crippen molar-refractivity contribution in [2.75, 3.05) is 0 Å². The van der Waals surface area contributed by atoms with E-state index in [2.05, 4.69) is 218 Å². The molecule has 8 aromatic carbocycles. The number of aromatic hydroxyl groups is 1. The first-order chi connectivity index (χ1) is 33.6. The minimum atomic E-state index is -0.191. The van der Waals surface area contributed by atoms with Gasteiger partial charge in [-0.2, -0.15) is 0 Å². The molecule has 0 unspecified atom stereocenters. The van der Waals surface area contributed by atoms with E-state index in [0.717, 1.165) is 83.3 Å². The summed E-state index contributed by atoms with van der Waals surface area (Å²) in [6.07, 6.45) is 1.90. The average Bonchev–Trinajstić information content (AvgIpc) is 3.94. The number of para-hydroxylation sites is 2. The minimum absolute atomic E-state index is 0. The molecule has 1 N–H and O–H groups in total. The molecule has 0 amide bonds. The van der Waals surface area contributed by atoms with Crippen LogP contribution in [0.2, 0.25) is 0 Å². The van der Waals surface area contributed by atoms with E-state index < -0.39 is 0 Å². The number of rotatable bonds is 8. The summed E-state index contributed by atoms with van der Waals surface area (Å²) in [5.41, 5.74) is 17.1. The number of nitrogens with zero attached hydrogens (tertiary/aromatic N) is 3. The molecule has 0 aliphatic carbocycles. The van der Waals surface area contributed by atoms with Crippen LogP contribution in [0.4, 0.5) is 0 Å². The van der Waals surface area contributed by atoms with Crippen LogP contribution in [0.15, 0.2) is 193 Å². The Morgan fingerprint density at radius 1 is 0.493 bits per heavy atom. The Kier molecular flexibility index (Phi) is 12.1. The van der Waals surface area contributed by atoms with E-state index in [-0.39, 0.29) is 43.1 Å². The van der Waals surface area contributed by atoms with Gasteiger partial charge in [0.15, 0.2) is 0 Å². The summed E-state index contributed by atoms with van der Waals surface area (Å²) in [6, 6.07) is 67.7. The zero-order valence-electron chi connectivity index (χ0n) is 41.4. The topological polar surface area (TPSA) is 64.1 Å². The van der Waals surface area contributed by atoms with Crippen LogP contribution in [0.25, 0.3) is 94.7 Å². The Balaban J connectivity index is 0.00000582. The van der Waals surface area contributed by atoms with E-state index in [1.807, 2.05) is 30.5 Å². The SMILES string of the molecule is CC(C)(C)c1cc(-c2cc(-c3ccc(C(C)(C)c4ccccc4)cc3)ccn2)[c-]c(-c2cccc3c2nc(-c2cc4c(cc2O)oc2ccccc24)n3-c2ccc(C(C)(C)C)cc2-c2ccccc2)c1.[Pt]. The normalized spacial score (nSPS) is 12.2. The first kappa shape index (κ1) is 47.4. The second kappa shape index (κ2) is 18.1. The number of imidazole rings is 1. The number of furan rings is 1. The maximum absolute atomic E-state index is 12.1. The molecule has 3 heterocycles. The van der Waals surface area contributed by atoms with Gasteiger partial charge < -0.3 is 9.52 Å². The zero-order chi connectivity index (χ0) is 48.5. The van der Waals surface area contributed by atoms with Crippen molar-refractivity contribution in [3.8, 4) is 67.5 Å². The molecule has 0 fully saturated rings. The smallest absolute Gasteiger partial charge is 0.148 e. The summed E-state index contributed by atoms with van der Waals surface area (Å²) in [7, 11) is 0. The van der Waals surface area contributed by atoms with Crippen molar-refractivity contribution in [3.05, 3.63) is 217 Å². The minimum Gasteiger partial charge on any atom is -0.507 e. The number of phenols is 1. The van der Waals surface area contributed by atoms with Crippen molar-refractivity contribution in [2.45, 2.75) is 71.6 Å². The van der Waals surface area contributed by atoms with Crippen LogP contribution in [0, 0.1) is 6.07 Å². The van der Waals surface area contributed by atoms with Crippen LogP contribution >= 0.6 is 0 Å².